The molecule has 0 aliphatic carbocycles. The molecule has 4 rings (SSSR count). The maximum Gasteiger partial charge on any atom is 4.00 e. The zero-order valence-corrected chi connectivity index (χ0v) is 19.0. The van der Waals surface area contributed by atoms with Gasteiger partial charge in [-0.2, -0.15) is 24.3 Å². The topological polar surface area (TPSA) is 0 Å². The Kier molecular flexibility index (Phi) is 11.1. The Bertz CT molecular complexity index is 854. The van der Waals surface area contributed by atoms with Gasteiger partial charge in [-0.25, -0.2) is 0 Å². The molecule has 0 atom stereocenters. The molecule has 0 saturated heterocycles. The van der Waals surface area contributed by atoms with Gasteiger partial charge in [0.15, 0.2) is 0 Å². The Morgan fingerprint density at radius 1 is 0.593 bits per heavy atom. The molecule has 0 saturated carbocycles. The molecule has 0 bridgehead atoms. The molecular formula is C24H26Cl2Cr. The number of hydrogen-bond acceptors (Lipinski definition) is 0. The average molecular weight is 437 g/mol. The molecule has 0 heterocycles. The van der Waals surface area contributed by atoms with E-state index in [1.54, 1.807) is 0 Å². The van der Waals surface area contributed by atoms with E-state index in [1.165, 1.54) is 32.7 Å². The molecule has 0 aromatic heterocycles. The van der Waals surface area contributed by atoms with Crippen molar-refractivity contribution in [3.63, 3.8) is 0 Å². The molecule has 0 spiro atoms. The Labute approximate surface area is 186 Å². The van der Waals surface area contributed by atoms with Crippen LogP contribution in [-0.2, 0) is 17.4 Å². The largest absolute Gasteiger partial charge is 4.00 e. The summed E-state index contributed by atoms with van der Waals surface area (Å²) in [6.07, 6.45) is 0. The fourth-order valence-corrected chi connectivity index (χ4v) is 3.38. The van der Waals surface area contributed by atoms with Gasteiger partial charge in [-0.05, 0) is 11.8 Å². The molecule has 0 amide bonds. The number of benzene rings is 2. The molecular weight excluding hydrogens is 411 g/mol. The van der Waals surface area contributed by atoms with Crippen molar-refractivity contribution in [2.75, 3.05) is 0 Å². The standard InChI is InChI=1S/2C12H13.2ClH.Cr/c2*1-9(2)11-7-3-5-10-6-4-8-12(10)11;;;/h2*3-9H,1-2H3;2*1H;/q2*-1;;;+4/p-2. The average Bonchev–Trinajstić information content (AvgIpc) is 3.23. The summed E-state index contributed by atoms with van der Waals surface area (Å²) in [5.74, 6) is 1.24. The zero-order chi connectivity index (χ0) is 17.1. The van der Waals surface area contributed by atoms with Crippen LogP contribution in [0.15, 0.2) is 72.8 Å². The van der Waals surface area contributed by atoms with Crippen molar-refractivity contribution in [3.8, 4) is 0 Å². The van der Waals surface area contributed by atoms with E-state index in [1.807, 2.05) is 0 Å². The predicted molar refractivity (Wildman–Crippen MR) is 107 cm³/mol. The van der Waals surface area contributed by atoms with Crippen LogP contribution in [0.4, 0.5) is 0 Å². The smallest absolute Gasteiger partial charge is 1.00 e. The molecule has 0 radical (unpaired) electrons. The predicted octanol–water partition coefficient (Wildman–Crippen LogP) is 1.37. The van der Waals surface area contributed by atoms with Crippen molar-refractivity contribution in [1.82, 2.24) is 0 Å². The normalized spacial score (nSPS) is 10.0. The van der Waals surface area contributed by atoms with E-state index in [-0.39, 0.29) is 42.2 Å². The second-order valence-corrected chi connectivity index (χ2v) is 7.06. The Morgan fingerprint density at radius 2 is 0.963 bits per heavy atom. The summed E-state index contributed by atoms with van der Waals surface area (Å²) in [6.45, 7) is 8.95. The Balaban J connectivity index is 0.000000451. The fraction of sp³-hybridized carbons (Fsp3) is 0.250. The molecule has 0 unspecified atom stereocenters. The van der Waals surface area contributed by atoms with Crippen LogP contribution in [0.2, 0.25) is 0 Å². The minimum Gasteiger partial charge on any atom is -1.00 e. The van der Waals surface area contributed by atoms with Gasteiger partial charge in [0.25, 0.3) is 0 Å². The van der Waals surface area contributed by atoms with Gasteiger partial charge in [0.05, 0.1) is 0 Å². The molecule has 0 aliphatic rings. The summed E-state index contributed by atoms with van der Waals surface area (Å²) >= 11 is 0. The number of halogens is 2. The van der Waals surface area contributed by atoms with Gasteiger partial charge in [-0.15, -0.1) is 57.9 Å². The second-order valence-electron chi connectivity index (χ2n) is 7.06. The van der Waals surface area contributed by atoms with Crippen LogP contribution in [-0.4, -0.2) is 0 Å². The molecule has 4 aromatic rings. The molecule has 0 nitrogen and oxygen atoms in total. The van der Waals surface area contributed by atoms with Crippen molar-refractivity contribution < 1.29 is 42.2 Å². The Hall–Kier alpha value is -1.23. The van der Waals surface area contributed by atoms with Crippen LogP contribution >= 0.6 is 0 Å². The molecule has 0 fully saturated rings. The first-order valence-electron chi connectivity index (χ1n) is 8.86. The quantitative estimate of drug-likeness (QED) is 0.416. The van der Waals surface area contributed by atoms with Gasteiger partial charge >= 0.3 is 17.4 Å². The van der Waals surface area contributed by atoms with Crippen molar-refractivity contribution in [3.05, 3.63) is 83.9 Å². The van der Waals surface area contributed by atoms with Gasteiger partial charge in [0.1, 0.15) is 0 Å². The van der Waals surface area contributed by atoms with Gasteiger partial charge in [0, 0.05) is 0 Å². The first-order valence-corrected chi connectivity index (χ1v) is 8.86. The van der Waals surface area contributed by atoms with Gasteiger partial charge in [-0.1, -0.05) is 51.0 Å². The second kappa shape index (κ2) is 11.6. The Morgan fingerprint density at radius 3 is 1.30 bits per heavy atom. The SMILES string of the molecule is CC(C)c1cccc2[cH-]ccc12.CC(C)c1cccc2[cH-]ccc12.[Cl-].[Cl-].[Cr+4]. The maximum atomic E-state index is 2.24. The van der Waals surface area contributed by atoms with Gasteiger partial charge in [-0.3, -0.25) is 0 Å². The minimum absolute atomic E-state index is 0. The monoisotopic (exact) mass is 436 g/mol. The van der Waals surface area contributed by atoms with Gasteiger partial charge in [0.2, 0.25) is 0 Å². The van der Waals surface area contributed by atoms with Crippen molar-refractivity contribution in [2.24, 2.45) is 0 Å². The van der Waals surface area contributed by atoms with Crippen LogP contribution in [0.3, 0.4) is 0 Å². The van der Waals surface area contributed by atoms with Crippen LogP contribution < -0.4 is 24.8 Å². The number of hydrogen-bond donors (Lipinski definition) is 0. The summed E-state index contributed by atoms with van der Waals surface area (Å²) in [5, 5.41) is 5.54. The molecule has 0 N–H and O–H groups in total. The summed E-state index contributed by atoms with van der Waals surface area (Å²) < 4.78 is 0. The van der Waals surface area contributed by atoms with E-state index in [2.05, 4.69) is 100 Å². The van der Waals surface area contributed by atoms with Gasteiger partial charge < -0.3 is 24.8 Å². The van der Waals surface area contributed by atoms with E-state index in [0.29, 0.717) is 11.8 Å². The van der Waals surface area contributed by atoms with E-state index in [9.17, 15) is 0 Å². The minimum atomic E-state index is 0. The van der Waals surface area contributed by atoms with Crippen LogP contribution in [0.25, 0.3) is 21.5 Å². The molecule has 4 aromatic carbocycles. The number of fused-ring (bicyclic) bond motifs is 2. The molecule has 142 valence electrons. The fourth-order valence-electron chi connectivity index (χ4n) is 3.38. The summed E-state index contributed by atoms with van der Waals surface area (Å²) in [4.78, 5) is 0. The molecule has 3 heteroatoms. The van der Waals surface area contributed by atoms with E-state index in [0.717, 1.165) is 0 Å². The maximum absolute atomic E-state index is 2.24. The van der Waals surface area contributed by atoms with Crippen LogP contribution in [0.1, 0.15) is 50.7 Å². The third kappa shape index (κ3) is 5.87. The van der Waals surface area contributed by atoms with Crippen LogP contribution in [0, 0.1) is 0 Å². The molecule has 0 aliphatic heterocycles. The van der Waals surface area contributed by atoms with E-state index >= 15 is 0 Å². The zero-order valence-electron chi connectivity index (χ0n) is 16.2. The van der Waals surface area contributed by atoms with Crippen molar-refractivity contribution in [1.29, 1.82) is 0 Å². The van der Waals surface area contributed by atoms with Crippen molar-refractivity contribution in [2.45, 2.75) is 39.5 Å². The van der Waals surface area contributed by atoms with Crippen LogP contribution in [0.5, 0.6) is 0 Å². The first kappa shape index (κ1) is 25.8. The third-order valence-corrected chi connectivity index (χ3v) is 4.67. The van der Waals surface area contributed by atoms with E-state index < -0.39 is 0 Å². The van der Waals surface area contributed by atoms with E-state index in [4.69, 9.17) is 0 Å². The van der Waals surface area contributed by atoms with Crippen molar-refractivity contribution >= 4 is 21.5 Å². The number of rotatable bonds is 2. The summed E-state index contributed by atoms with van der Waals surface area (Å²) in [7, 11) is 0. The summed E-state index contributed by atoms with van der Waals surface area (Å²) in [6, 6.07) is 26.0. The third-order valence-electron chi connectivity index (χ3n) is 4.67. The first-order chi connectivity index (χ1) is 11.6. The summed E-state index contributed by atoms with van der Waals surface area (Å²) in [5.41, 5.74) is 2.91. The molecule has 27 heavy (non-hydrogen) atoms.